The lowest BCUT2D eigenvalue weighted by Crippen LogP contribution is -2.08. The van der Waals surface area contributed by atoms with E-state index in [1.54, 1.807) is 13.1 Å². The third-order valence-electron chi connectivity index (χ3n) is 2.20. The van der Waals surface area contributed by atoms with Gasteiger partial charge in [0.05, 0.1) is 6.04 Å². The maximum absolute atomic E-state index is 13.4. The molecule has 1 N–H and O–H groups in total. The molecule has 16 heavy (non-hydrogen) atoms. The molecule has 0 bridgehead atoms. The fraction of sp³-hybridized carbons (Fsp3) is 0.182. The van der Waals surface area contributed by atoms with E-state index in [2.05, 4.69) is 10.3 Å². The van der Waals surface area contributed by atoms with Gasteiger partial charge in [-0.15, -0.1) is 11.3 Å². The summed E-state index contributed by atoms with van der Waals surface area (Å²) in [6.07, 6.45) is 1.67. The van der Waals surface area contributed by atoms with E-state index in [1.165, 1.54) is 23.5 Å². The average molecular weight is 240 g/mol. The molecule has 0 saturated heterocycles. The van der Waals surface area contributed by atoms with E-state index in [-0.39, 0.29) is 6.04 Å². The van der Waals surface area contributed by atoms with Gasteiger partial charge in [-0.05, 0) is 13.0 Å². The number of halogens is 2. The van der Waals surface area contributed by atoms with Crippen LogP contribution in [0.5, 0.6) is 0 Å². The van der Waals surface area contributed by atoms with Crippen LogP contribution in [-0.4, -0.2) is 4.98 Å². The van der Waals surface area contributed by atoms with Crippen molar-refractivity contribution in [1.29, 1.82) is 0 Å². The van der Waals surface area contributed by atoms with Crippen LogP contribution in [-0.2, 0) is 0 Å². The van der Waals surface area contributed by atoms with E-state index < -0.39 is 11.6 Å². The van der Waals surface area contributed by atoms with E-state index >= 15 is 0 Å². The largest absolute Gasteiger partial charge is 0.355 e. The summed E-state index contributed by atoms with van der Waals surface area (Å²) in [4.78, 5) is 4.04. The molecule has 1 heterocycles. The molecule has 0 fully saturated rings. The highest BCUT2D eigenvalue weighted by Crippen LogP contribution is 2.23. The van der Waals surface area contributed by atoms with Gasteiger partial charge >= 0.3 is 0 Å². The number of nitrogens with zero attached hydrogens (tertiary/aromatic N) is 1. The van der Waals surface area contributed by atoms with Crippen LogP contribution in [0.3, 0.4) is 0 Å². The molecule has 1 unspecified atom stereocenters. The average Bonchev–Trinajstić information content (AvgIpc) is 2.70. The van der Waals surface area contributed by atoms with Gasteiger partial charge in [0.2, 0.25) is 0 Å². The van der Waals surface area contributed by atoms with Gasteiger partial charge in [0.15, 0.2) is 5.13 Å². The van der Waals surface area contributed by atoms with E-state index in [0.717, 1.165) is 11.2 Å². The topological polar surface area (TPSA) is 24.9 Å². The number of aromatic nitrogens is 1. The quantitative estimate of drug-likeness (QED) is 0.886. The molecule has 1 aromatic carbocycles. The van der Waals surface area contributed by atoms with Gasteiger partial charge in [0.1, 0.15) is 11.6 Å². The van der Waals surface area contributed by atoms with Crippen molar-refractivity contribution in [3.8, 4) is 0 Å². The van der Waals surface area contributed by atoms with E-state index in [9.17, 15) is 8.78 Å². The minimum Gasteiger partial charge on any atom is -0.355 e. The summed E-state index contributed by atoms with van der Waals surface area (Å²) in [6, 6.07) is 3.33. The van der Waals surface area contributed by atoms with Gasteiger partial charge in [-0.1, -0.05) is 6.07 Å². The third kappa shape index (κ3) is 2.36. The Morgan fingerprint density at radius 1 is 1.38 bits per heavy atom. The second kappa shape index (κ2) is 4.57. The van der Waals surface area contributed by atoms with Crippen molar-refractivity contribution in [2.45, 2.75) is 13.0 Å². The van der Waals surface area contributed by atoms with Gasteiger partial charge < -0.3 is 5.32 Å². The first-order valence-electron chi connectivity index (χ1n) is 4.78. The van der Waals surface area contributed by atoms with Crippen molar-refractivity contribution in [2.75, 3.05) is 5.32 Å². The lowest BCUT2D eigenvalue weighted by molar-refractivity contribution is 0.566. The Labute approximate surface area is 96.0 Å². The zero-order valence-electron chi connectivity index (χ0n) is 8.58. The van der Waals surface area contributed by atoms with Crippen LogP contribution in [0, 0.1) is 11.6 Å². The molecule has 0 amide bonds. The van der Waals surface area contributed by atoms with Crippen LogP contribution in [0.4, 0.5) is 13.9 Å². The van der Waals surface area contributed by atoms with Crippen molar-refractivity contribution >= 4 is 16.5 Å². The van der Waals surface area contributed by atoms with Crippen molar-refractivity contribution in [3.05, 3.63) is 47.0 Å². The summed E-state index contributed by atoms with van der Waals surface area (Å²) >= 11 is 1.44. The zero-order valence-corrected chi connectivity index (χ0v) is 9.39. The molecule has 1 aromatic heterocycles. The van der Waals surface area contributed by atoms with Gasteiger partial charge in [-0.3, -0.25) is 0 Å². The molecule has 0 spiro atoms. The highest BCUT2D eigenvalue weighted by molar-refractivity contribution is 7.13. The Bertz CT molecular complexity index is 471. The van der Waals surface area contributed by atoms with Crippen LogP contribution < -0.4 is 5.32 Å². The lowest BCUT2D eigenvalue weighted by Gasteiger charge is -2.13. The second-order valence-corrected chi connectivity index (χ2v) is 4.26. The monoisotopic (exact) mass is 240 g/mol. The summed E-state index contributed by atoms with van der Waals surface area (Å²) in [5, 5.41) is 5.59. The Morgan fingerprint density at radius 3 is 2.81 bits per heavy atom. The molecule has 5 heteroatoms. The first kappa shape index (κ1) is 11.0. The molecule has 2 rings (SSSR count). The van der Waals surface area contributed by atoms with Crippen LogP contribution in [0.15, 0.2) is 29.8 Å². The molecular weight excluding hydrogens is 230 g/mol. The van der Waals surface area contributed by atoms with Gasteiger partial charge in [0.25, 0.3) is 0 Å². The highest BCUT2D eigenvalue weighted by atomic mass is 32.1. The van der Waals surface area contributed by atoms with Crippen molar-refractivity contribution in [1.82, 2.24) is 4.98 Å². The Morgan fingerprint density at radius 2 is 2.19 bits per heavy atom. The Balaban J connectivity index is 2.17. The molecule has 0 saturated carbocycles. The van der Waals surface area contributed by atoms with Gasteiger partial charge in [-0.25, -0.2) is 13.8 Å². The number of thiazole rings is 1. The van der Waals surface area contributed by atoms with Crippen molar-refractivity contribution in [3.63, 3.8) is 0 Å². The van der Waals surface area contributed by atoms with Gasteiger partial charge in [0, 0.05) is 23.2 Å². The number of nitrogens with one attached hydrogen (secondary N) is 1. The minimum absolute atomic E-state index is 0.244. The number of benzene rings is 1. The SMILES string of the molecule is CC(Nc1nccs1)c1ccc(F)cc1F. The van der Waals surface area contributed by atoms with Crippen molar-refractivity contribution < 1.29 is 8.78 Å². The summed E-state index contributed by atoms with van der Waals surface area (Å²) in [5.74, 6) is -1.11. The summed E-state index contributed by atoms with van der Waals surface area (Å²) in [5.41, 5.74) is 0.427. The Kier molecular flexibility index (Phi) is 3.14. The van der Waals surface area contributed by atoms with Crippen LogP contribution in [0.25, 0.3) is 0 Å². The fourth-order valence-electron chi connectivity index (χ4n) is 1.41. The third-order valence-corrected chi connectivity index (χ3v) is 2.91. The first-order valence-corrected chi connectivity index (χ1v) is 5.66. The van der Waals surface area contributed by atoms with Crippen molar-refractivity contribution in [2.24, 2.45) is 0 Å². The lowest BCUT2D eigenvalue weighted by atomic mass is 10.1. The van der Waals surface area contributed by atoms with Crippen LogP contribution >= 0.6 is 11.3 Å². The molecule has 84 valence electrons. The van der Waals surface area contributed by atoms with E-state index in [4.69, 9.17) is 0 Å². The molecule has 0 aliphatic rings. The molecular formula is C11H10F2N2S. The van der Waals surface area contributed by atoms with E-state index in [0.29, 0.717) is 5.56 Å². The minimum atomic E-state index is -0.567. The maximum Gasteiger partial charge on any atom is 0.183 e. The summed E-state index contributed by atoms with van der Waals surface area (Å²) in [7, 11) is 0. The van der Waals surface area contributed by atoms with Crippen LogP contribution in [0.2, 0.25) is 0 Å². The molecule has 0 aliphatic heterocycles. The summed E-state index contributed by atoms with van der Waals surface area (Å²) in [6.45, 7) is 1.80. The number of anilines is 1. The van der Waals surface area contributed by atoms with E-state index in [1.807, 2.05) is 5.38 Å². The van der Waals surface area contributed by atoms with Gasteiger partial charge in [-0.2, -0.15) is 0 Å². The molecule has 2 aromatic rings. The maximum atomic E-state index is 13.4. The van der Waals surface area contributed by atoms with Crippen LogP contribution in [0.1, 0.15) is 18.5 Å². The standard InChI is InChI=1S/C11H10F2N2S/c1-7(15-11-14-4-5-16-11)9-3-2-8(12)6-10(9)13/h2-7H,1H3,(H,14,15). The summed E-state index contributed by atoms with van der Waals surface area (Å²) < 4.78 is 26.2. The number of hydrogen-bond acceptors (Lipinski definition) is 3. The second-order valence-electron chi connectivity index (χ2n) is 3.37. The smallest absolute Gasteiger partial charge is 0.183 e. The molecule has 2 nitrogen and oxygen atoms in total. The number of hydrogen-bond donors (Lipinski definition) is 1. The Hall–Kier alpha value is -1.49. The molecule has 0 radical (unpaired) electrons. The normalized spacial score (nSPS) is 12.4. The predicted molar refractivity (Wildman–Crippen MR) is 60.5 cm³/mol. The predicted octanol–water partition coefficient (Wildman–Crippen LogP) is 3.59. The zero-order chi connectivity index (χ0) is 11.5. The number of rotatable bonds is 3. The molecule has 1 atom stereocenters. The first-order chi connectivity index (χ1) is 7.66. The molecule has 0 aliphatic carbocycles. The fourth-order valence-corrected chi connectivity index (χ4v) is 2.03. The highest BCUT2D eigenvalue weighted by Gasteiger charge is 2.12.